The highest BCUT2D eigenvalue weighted by molar-refractivity contribution is 5.67. The third-order valence-electron chi connectivity index (χ3n) is 5.18. The van der Waals surface area contributed by atoms with E-state index in [0.717, 1.165) is 40.3 Å². The molecule has 0 aliphatic heterocycles. The van der Waals surface area contributed by atoms with Gasteiger partial charge in [0.1, 0.15) is 23.6 Å². The van der Waals surface area contributed by atoms with Gasteiger partial charge >= 0.3 is 0 Å². The lowest BCUT2D eigenvalue weighted by atomic mass is 9.88. The smallest absolute Gasteiger partial charge is 0.130 e. The summed E-state index contributed by atoms with van der Waals surface area (Å²) in [5.41, 5.74) is 2.66. The fourth-order valence-corrected chi connectivity index (χ4v) is 3.14. The van der Waals surface area contributed by atoms with Crippen molar-refractivity contribution in [2.75, 3.05) is 19.1 Å². The Morgan fingerprint density at radius 1 is 0.833 bits per heavy atom. The Hall–Kier alpha value is -3.34. The zero-order chi connectivity index (χ0) is 21.6. The van der Waals surface area contributed by atoms with E-state index in [2.05, 4.69) is 34.1 Å². The number of nitrogens with zero attached hydrogens (tertiary/aromatic N) is 2. The van der Waals surface area contributed by atoms with Crippen molar-refractivity contribution in [1.82, 2.24) is 4.98 Å². The Labute approximate surface area is 178 Å². The molecule has 3 aromatic rings. The van der Waals surface area contributed by atoms with Gasteiger partial charge in [-0.3, -0.25) is 0 Å². The van der Waals surface area contributed by atoms with E-state index in [1.54, 1.807) is 20.4 Å². The van der Waals surface area contributed by atoms with Gasteiger partial charge in [0.15, 0.2) is 0 Å². The summed E-state index contributed by atoms with van der Waals surface area (Å²) in [6.45, 7) is 5.17. The highest BCUT2D eigenvalue weighted by Crippen LogP contribution is 2.25. The first kappa shape index (κ1) is 21.4. The number of methoxy groups -OCH3 is 2. The van der Waals surface area contributed by atoms with Gasteiger partial charge in [0.05, 0.1) is 14.2 Å². The van der Waals surface area contributed by atoms with Gasteiger partial charge < -0.3 is 19.2 Å². The lowest BCUT2D eigenvalue weighted by Crippen LogP contribution is -2.24. The van der Waals surface area contributed by atoms with Crippen LogP contribution in [0.25, 0.3) is 0 Å². The number of benzene rings is 2. The third kappa shape index (κ3) is 5.17. The summed E-state index contributed by atoms with van der Waals surface area (Å²) in [6.07, 6.45) is 2.74. The van der Waals surface area contributed by atoms with Crippen LogP contribution in [-0.2, 0) is 23.3 Å². The van der Waals surface area contributed by atoms with Crippen molar-refractivity contribution >= 4 is 12.1 Å². The van der Waals surface area contributed by atoms with Crippen LogP contribution in [0.4, 0.5) is 5.82 Å². The summed E-state index contributed by atoms with van der Waals surface area (Å²) in [4.78, 5) is 18.3. The van der Waals surface area contributed by atoms with Crippen LogP contribution in [0.1, 0.15) is 30.5 Å². The normalized spacial score (nSPS) is 11.1. The van der Waals surface area contributed by atoms with Gasteiger partial charge in [-0.1, -0.05) is 30.3 Å². The first-order valence-electron chi connectivity index (χ1n) is 9.89. The minimum absolute atomic E-state index is 0.553. The molecular weight excluding hydrogens is 376 g/mol. The van der Waals surface area contributed by atoms with Crippen molar-refractivity contribution in [3.63, 3.8) is 0 Å². The van der Waals surface area contributed by atoms with E-state index in [9.17, 15) is 4.79 Å². The number of anilines is 1. The van der Waals surface area contributed by atoms with Crippen molar-refractivity contribution < 1.29 is 14.3 Å². The summed E-state index contributed by atoms with van der Waals surface area (Å²) in [5.74, 6) is 2.52. The van der Waals surface area contributed by atoms with Crippen LogP contribution < -0.4 is 14.4 Å². The predicted octanol–water partition coefficient (Wildman–Crippen LogP) is 4.78. The summed E-state index contributed by atoms with van der Waals surface area (Å²) in [5, 5.41) is 0. The summed E-state index contributed by atoms with van der Waals surface area (Å²) in [7, 11) is 3.33. The molecule has 0 unspecified atom stereocenters. The Morgan fingerprint density at radius 2 is 1.33 bits per heavy atom. The lowest BCUT2D eigenvalue weighted by molar-refractivity contribution is -0.111. The molecule has 0 N–H and O–H groups in total. The van der Waals surface area contributed by atoms with E-state index in [1.165, 1.54) is 0 Å². The average molecular weight is 405 g/mol. The maximum absolute atomic E-state index is 11.4. The Balaban J connectivity index is 1.88. The van der Waals surface area contributed by atoms with E-state index < -0.39 is 5.41 Å². The second-order valence-corrected chi connectivity index (χ2v) is 7.80. The van der Waals surface area contributed by atoms with E-state index in [0.29, 0.717) is 13.1 Å². The van der Waals surface area contributed by atoms with Crippen LogP contribution in [0, 0.1) is 0 Å². The highest BCUT2D eigenvalue weighted by atomic mass is 16.5. The molecule has 5 heteroatoms. The van der Waals surface area contributed by atoms with E-state index in [4.69, 9.17) is 9.47 Å². The third-order valence-corrected chi connectivity index (χ3v) is 5.18. The summed E-state index contributed by atoms with van der Waals surface area (Å²) in [6, 6.07) is 20.0. The first-order chi connectivity index (χ1) is 14.4. The minimum Gasteiger partial charge on any atom is -0.497 e. The van der Waals surface area contributed by atoms with Crippen LogP contribution in [0.5, 0.6) is 11.5 Å². The first-order valence-corrected chi connectivity index (χ1v) is 9.89. The zero-order valence-electron chi connectivity index (χ0n) is 18.0. The number of hydrogen-bond acceptors (Lipinski definition) is 5. The van der Waals surface area contributed by atoms with Crippen LogP contribution in [-0.4, -0.2) is 25.5 Å². The van der Waals surface area contributed by atoms with Crippen LogP contribution >= 0.6 is 0 Å². The molecular formula is C25H28N2O3. The summed E-state index contributed by atoms with van der Waals surface area (Å²) >= 11 is 0. The Morgan fingerprint density at radius 3 is 1.70 bits per heavy atom. The lowest BCUT2D eigenvalue weighted by Gasteiger charge is -2.25. The van der Waals surface area contributed by atoms with Crippen molar-refractivity contribution in [3.05, 3.63) is 83.6 Å². The quantitative estimate of drug-likeness (QED) is 0.480. The van der Waals surface area contributed by atoms with Crippen molar-refractivity contribution in [3.8, 4) is 11.5 Å². The number of carbonyl (C=O) groups excluding carboxylic acids is 1. The average Bonchev–Trinajstić information content (AvgIpc) is 2.79. The van der Waals surface area contributed by atoms with E-state index in [-0.39, 0.29) is 0 Å². The minimum atomic E-state index is -0.553. The van der Waals surface area contributed by atoms with Gasteiger partial charge in [0.2, 0.25) is 0 Å². The van der Waals surface area contributed by atoms with Crippen LogP contribution in [0.2, 0.25) is 0 Å². The Bertz CT molecular complexity index is 900. The molecule has 0 amide bonds. The number of aldehydes is 1. The molecule has 3 rings (SSSR count). The number of rotatable bonds is 9. The molecule has 0 saturated carbocycles. The maximum atomic E-state index is 11.4. The monoisotopic (exact) mass is 404 g/mol. The molecule has 0 bridgehead atoms. The molecule has 0 radical (unpaired) electrons. The topological polar surface area (TPSA) is 51.7 Å². The second-order valence-electron chi connectivity index (χ2n) is 7.80. The molecule has 0 fully saturated rings. The number of hydrogen-bond donors (Lipinski definition) is 0. The molecule has 1 heterocycles. The summed E-state index contributed by atoms with van der Waals surface area (Å²) < 4.78 is 10.5. The maximum Gasteiger partial charge on any atom is 0.130 e. The molecule has 0 aliphatic carbocycles. The second kappa shape index (κ2) is 9.44. The molecule has 2 aromatic carbocycles. The molecule has 0 spiro atoms. The number of pyridine rings is 1. The van der Waals surface area contributed by atoms with Crippen molar-refractivity contribution in [2.45, 2.75) is 32.4 Å². The highest BCUT2D eigenvalue weighted by Gasteiger charge is 2.20. The molecule has 0 saturated heterocycles. The molecule has 0 atom stereocenters. The van der Waals surface area contributed by atoms with Gasteiger partial charge in [-0.25, -0.2) is 4.98 Å². The largest absolute Gasteiger partial charge is 0.497 e. The van der Waals surface area contributed by atoms with Gasteiger partial charge in [-0.05, 0) is 60.9 Å². The van der Waals surface area contributed by atoms with E-state index >= 15 is 0 Å². The van der Waals surface area contributed by atoms with Crippen molar-refractivity contribution in [2.24, 2.45) is 0 Å². The van der Waals surface area contributed by atoms with Gasteiger partial charge in [-0.2, -0.15) is 0 Å². The molecule has 0 aliphatic rings. The predicted molar refractivity (Wildman–Crippen MR) is 119 cm³/mol. The molecule has 156 valence electrons. The molecule has 1 aromatic heterocycles. The molecule has 5 nitrogen and oxygen atoms in total. The zero-order valence-corrected chi connectivity index (χ0v) is 18.0. The van der Waals surface area contributed by atoms with E-state index in [1.807, 2.05) is 50.2 Å². The number of aromatic nitrogens is 1. The van der Waals surface area contributed by atoms with Gasteiger partial charge in [0.25, 0.3) is 0 Å². The van der Waals surface area contributed by atoms with Crippen LogP contribution in [0.3, 0.4) is 0 Å². The molecule has 30 heavy (non-hydrogen) atoms. The number of ether oxygens (including phenoxy) is 2. The fourth-order valence-electron chi connectivity index (χ4n) is 3.14. The van der Waals surface area contributed by atoms with Gasteiger partial charge in [0, 0.05) is 24.7 Å². The standard InChI is InChI=1S/C25H28N2O3/c1-25(2,18-28)21-9-14-24(26-15-21)27(16-19-5-10-22(29-3)11-6-19)17-20-7-12-23(30-4)13-8-20/h5-15,18H,16-17H2,1-4H3. The number of carbonyl (C=O) groups is 1. The van der Waals surface area contributed by atoms with Gasteiger partial charge in [-0.15, -0.1) is 0 Å². The fraction of sp³-hybridized carbons (Fsp3) is 0.280. The SMILES string of the molecule is COc1ccc(CN(Cc2ccc(OC)cc2)c2ccc(C(C)(C)C=O)cn2)cc1. The van der Waals surface area contributed by atoms with Crippen molar-refractivity contribution in [1.29, 1.82) is 0 Å². The van der Waals surface area contributed by atoms with Crippen LogP contribution in [0.15, 0.2) is 66.9 Å². The Kier molecular flexibility index (Phi) is 6.72.